The first-order valence-corrected chi connectivity index (χ1v) is 16.1. The molecule has 3 amide bonds. The number of anilines is 2. The highest BCUT2D eigenvalue weighted by Gasteiger charge is 2.16. The molecule has 0 unspecified atom stereocenters. The average Bonchev–Trinajstić information content (AvgIpc) is 3.09. The van der Waals surface area contributed by atoms with Gasteiger partial charge in [0.15, 0.2) is 0 Å². The summed E-state index contributed by atoms with van der Waals surface area (Å²) in [7, 11) is 0. The van der Waals surface area contributed by atoms with E-state index in [1.54, 1.807) is 66.7 Å². The van der Waals surface area contributed by atoms with E-state index in [2.05, 4.69) is 16.0 Å². The predicted octanol–water partition coefficient (Wildman–Crippen LogP) is 8.37. The molecule has 47 heavy (non-hydrogen) atoms. The van der Waals surface area contributed by atoms with Gasteiger partial charge in [-0.3, -0.25) is 14.4 Å². The van der Waals surface area contributed by atoms with E-state index in [4.69, 9.17) is 16.3 Å². The number of hydrogen-bond acceptors (Lipinski definition) is 5. The first-order valence-electron chi connectivity index (χ1n) is 14.8. The van der Waals surface area contributed by atoms with Crippen LogP contribution in [0.1, 0.15) is 27.0 Å². The van der Waals surface area contributed by atoms with Crippen molar-refractivity contribution in [1.82, 2.24) is 5.32 Å². The summed E-state index contributed by atoms with van der Waals surface area (Å²) in [5.41, 5.74) is 4.20. The van der Waals surface area contributed by atoms with Crippen LogP contribution >= 0.6 is 23.4 Å². The van der Waals surface area contributed by atoms with Crippen molar-refractivity contribution in [3.63, 3.8) is 0 Å². The Kier molecular flexibility index (Phi) is 11.5. The second kappa shape index (κ2) is 16.3. The minimum absolute atomic E-state index is 0.0612. The lowest BCUT2D eigenvalue weighted by atomic mass is 10.1. The number of thioether (sulfide) groups is 1. The number of rotatable bonds is 12. The molecule has 0 saturated carbocycles. The first-order chi connectivity index (χ1) is 22.8. The molecule has 7 nitrogen and oxygen atoms in total. The largest absolute Gasteiger partial charge is 0.489 e. The van der Waals surface area contributed by atoms with Gasteiger partial charge in [0.25, 0.3) is 11.8 Å². The average molecular weight is 662 g/mol. The molecule has 5 aromatic carbocycles. The molecule has 0 heterocycles. The minimum Gasteiger partial charge on any atom is -0.489 e. The Morgan fingerprint density at radius 1 is 0.787 bits per heavy atom. The summed E-state index contributed by atoms with van der Waals surface area (Å²) >= 11 is 7.50. The maximum absolute atomic E-state index is 13.5. The summed E-state index contributed by atoms with van der Waals surface area (Å²) in [5.74, 6) is -0.265. The van der Waals surface area contributed by atoms with E-state index in [9.17, 15) is 14.4 Å². The summed E-state index contributed by atoms with van der Waals surface area (Å²) in [6.07, 6.45) is 1.61. The third-order valence-electron chi connectivity index (χ3n) is 6.97. The van der Waals surface area contributed by atoms with Crippen LogP contribution in [0, 0.1) is 6.92 Å². The third-order valence-corrected chi connectivity index (χ3v) is 8.38. The summed E-state index contributed by atoms with van der Waals surface area (Å²) in [6, 6.07) is 38.3. The molecule has 0 aliphatic heterocycles. The van der Waals surface area contributed by atoms with E-state index in [0.29, 0.717) is 39.9 Å². The lowest BCUT2D eigenvalue weighted by Crippen LogP contribution is -2.30. The van der Waals surface area contributed by atoms with Crippen molar-refractivity contribution in [2.45, 2.75) is 18.4 Å². The van der Waals surface area contributed by atoms with Crippen molar-refractivity contribution < 1.29 is 19.1 Å². The summed E-state index contributed by atoms with van der Waals surface area (Å²) in [6.45, 7) is 2.28. The molecule has 0 bridgehead atoms. The van der Waals surface area contributed by atoms with Gasteiger partial charge in [-0.2, -0.15) is 0 Å². The number of halogens is 1. The fourth-order valence-electron chi connectivity index (χ4n) is 4.45. The van der Waals surface area contributed by atoms with Crippen LogP contribution in [-0.4, -0.2) is 23.5 Å². The van der Waals surface area contributed by atoms with Gasteiger partial charge in [-0.15, -0.1) is 11.8 Å². The summed E-state index contributed by atoms with van der Waals surface area (Å²) in [5, 5.41) is 9.10. The summed E-state index contributed by atoms with van der Waals surface area (Å²) < 4.78 is 5.88. The van der Waals surface area contributed by atoms with E-state index in [1.807, 2.05) is 73.7 Å². The molecule has 0 atom stereocenters. The van der Waals surface area contributed by atoms with E-state index in [0.717, 1.165) is 16.0 Å². The van der Waals surface area contributed by atoms with Crippen LogP contribution in [0.15, 0.2) is 138 Å². The number of nitrogens with one attached hydrogen (secondary N) is 3. The number of amides is 3. The van der Waals surface area contributed by atoms with Crippen molar-refractivity contribution >= 4 is 58.5 Å². The van der Waals surface area contributed by atoms with Gasteiger partial charge in [0.05, 0.1) is 5.75 Å². The molecule has 5 rings (SSSR count). The first kappa shape index (κ1) is 33.1. The second-order valence-corrected chi connectivity index (χ2v) is 11.9. The number of ether oxygens (including phenoxy) is 1. The molecule has 0 saturated heterocycles. The number of carbonyl (C=O) groups excluding carboxylic acids is 3. The third kappa shape index (κ3) is 9.84. The highest BCUT2D eigenvalue weighted by atomic mass is 35.5. The monoisotopic (exact) mass is 661 g/mol. The SMILES string of the molecule is Cc1c(Cl)cccc1NC(=O)CSc1cccc(NC(=O)/C(=C\c2ccc(OCc3ccccc3)cc2)NC(=O)c2ccccc2)c1. The van der Waals surface area contributed by atoms with Crippen LogP contribution in [0.2, 0.25) is 5.02 Å². The maximum Gasteiger partial charge on any atom is 0.272 e. The Hall–Kier alpha value is -5.31. The van der Waals surface area contributed by atoms with Crippen LogP contribution in [0.4, 0.5) is 11.4 Å². The Labute approximate surface area is 283 Å². The second-order valence-electron chi connectivity index (χ2n) is 10.5. The fourth-order valence-corrected chi connectivity index (χ4v) is 5.38. The normalized spacial score (nSPS) is 11.0. The number of carbonyl (C=O) groups is 3. The Morgan fingerprint density at radius 2 is 1.49 bits per heavy atom. The summed E-state index contributed by atoms with van der Waals surface area (Å²) in [4.78, 5) is 40.0. The molecule has 236 valence electrons. The highest BCUT2D eigenvalue weighted by Crippen LogP contribution is 2.25. The van der Waals surface area contributed by atoms with Crippen LogP contribution in [0.25, 0.3) is 6.08 Å². The molecule has 0 aliphatic carbocycles. The van der Waals surface area contributed by atoms with Crippen LogP contribution in [-0.2, 0) is 16.2 Å². The molecular weight excluding hydrogens is 630 g/mol. The lowest BCUT2D eigenvalue weighted by Gasteiger charge is -2.13. The molecule has 0 fully saturated rings. The molecule has 5 aromatic rings. The van der Waals surface area contributed by atoms with Crippen LogP contribution in [0.3, 0.4) is 0 Å². The van der Waals surface area contributed by atoms with Gasteiger partial charge in [-0.05, 0) is 84.3 Å². The molecule has 0 spiro atoms. The van der Waals surface area contributed by atoms with Gasteiger partial charge in [-0.25, -0.2) is 0 Å². The smallest absolute Gasteiger partial charge is 0.272 e. The van der Waals surface area contributed by atoms with Gasteiger partial charge in [-0.1, -0.05) is 84.4 Å². The zero-order chi connectivity index (χ0) is 33.0. The Balaban J connectivity index is 1.26. The Bertz CT molecular complexity index is 1880. The standard InChI is InChI=1S/C38H32ClN3O4S/c1-26-33(39)16-9-17-34(26)41-36(43)25-47-32-15-8-14-30(23-32)40-38(45)35(42-37(44)29-12-6-3-7-13-29)22-27-18-20-31(21-19-27)46-24-28-10-4-2-5-11-28/h2-23H,24-25H2,1H3,(H,40,45)(H,41,43)(H,42,44)/b35-22+. The van der Waals surface area contributed by atoms with E-state index >= 15 is 0 Å². The maximum atomic E-state index is 13.5. The lowest BCUT2D eigenvalue weighted by molar-refractivity contribution is -0.114. The fraction of sp³-hybridized carbons (Fsp3) is 0.0789. The van der Waals surface area contributed by atoms with Crippen LogP contribution in [0.5, 0.6) is 5.75 Å². The van der Waals surface area contributed by atoms with E-state index in [1.165, 1.54) is 11.8 Å². The zero-order valence-corrected chi connectivity index (χ0v) is 27.1. The van der Waals surface area contributed by atoms with Crippen molar-refractivity contribution in [1.29, 1.82) is 0 Å². The van der Waals surface area contributed by atoms with Crippen molar-refractivity contribution in [2.75, 3.05) is 16.4 Å². The van der Waals surface area contributed by atoms with Gasteiger partial charge in [0, 0.05) is 26.9 Å². The van der Waals surface area contributed by atoms with Gasteiger partial charge in [0.2, 0.25) is 5.91 Å². The number of hydrogen-bond donors (Lipinski definition) is 3. The van der Waals surface area contributed by atoms with Crippen molar-refractivity contribution in [3.05, 3.63) is 160 Å². The van der Waals surface area contributed by atoms with Gasteiger partial charge in [0.1, 0.15) is 18.1 Å². The van der Waals surface area contributed by atoms with E-state index in [-0.39, 0.29) is 17.4 Å². The molecular formula is C38H32ClN3O4S. The molecule has 0 radical (unpaired) electrons. The quantitative estimate of drug-likeness (QED) is 0.0922. The Morgan fingerprint density at radius 3 is 2.23 bits per heavy atom. The highest BCUT2D eigenvalue weighted by molar-refractivity contribution is 8.00. The van der Waals surface area contributed by atoms with Gasteiger partial charge >= 0.3 is 0 Å². The molecule has 0 aromatic heterocycles. The number of benzene rings is 5. The van der Waals surface area contributed by atoms with Crippen molar-refractivity contribution in [2.24, 2.45) is 0 Å². The van der Waals surface area contributed by atoms with Gasteiger partial charge < -0.3 is 20.7 Å². The van der Waals surface area contributed by atoms with E-state index < -0.39 is 11.8 Å². The molecule has 3 N–H and O–H groups in total. The topological polar surface area (TPSA) is 96.5 Å². The zero-order valence-electron chi connectivity index (χ0n) is 25.5. The van der Waals surface area contributed by atoms with Crippen molar-refractivity contribution in [3.8, 4) is 5.75 Å². The molecule has 0 aliphatic rings. The molecule has 9 heteroatoms. The predicted molar refractivity (Wildman–Crippen MR) is 190 cm³/mol. The van der Waals surface area contributed by atoms with Crippen LogP contribution < -0.4 is 20.7 Å². The minimum atomic E-state index is -0.505.